The van der Waals surface area contributed by atoms with Crippen molar-refractivity contribution in [2.45, 2.75) is 32.7 Å². The zero-order chi connectivity index (χ0) is 26.6. The van der Waals surface area contributed by atoms with E-state index in [1.807, 2.05) is 48.5 Å². The van der Waals surface area contributed by atoms with Gasteiger partial charge in [-0.05, 0) is 47.4 Å². The summed E-state index contributed by atoms with van der Waals surface area (Å²) in [4.78, 5) is 31.1. The molecule has 2 N–H and O–H groups in total. The van der Waals surface area contributed by atoms with Crippen LogP contribution in [0.3, 0.4) is 0 Å². The third-order valence-corrected chi connectivity index (χ3v) is 6.35. The van der Waals surface area contributed by atoms with Crippen molar-refractivity contribution in [3.63, 3.8) is 0 Å². The number of benzene rings is 3. The van der Waals surface area contributed by atoms with E-state index in [2.05, 4.69) is 21.6 Å². The Balaban J connectivity index is 1.51. The Bertz CT molecular complexity index is 1630. The Kier molecular flexibility index (Phi) is 6.99. The number of hydrogen-bond acceptors (Lipinski definition) is 5. The second-order valence-corrected chi connectivity index (χ2v) is 8.91. The van der Waals surface area contributed by atoms with Gasteiger partial charge in [-0.2, -0.15) is 0 Å². The van der Waals surface area contributed by atoms with Crippen LogP contribution in [0, 0.1) is 5.82 Å². The van der Waals surface area contributed by atoms with Crippen LogP contribution in [0.25, 0.3) is 33.8 Å². The van der Waals surface area contributed by atoms with E-state index in [1.165, 1.54) is 12.1 Å². The lowest BCUT2D eigenvalue weighted by atomic mass is 9.98. The van der Waals surface area contributed by atoms with Crippen LogP contribution >= 0.6 is 0 Å². The molecular formula is C29H25FN4O4. The summed E-state index contributed by atoms with van der Waals surface area (Å²) >= 11 is 0. The molecule has 0 aliphatic carbocycles. The molecule has 38 heavy (non-hydrogen) atoms. The van der Waals surface area contributed by atoms with Gasteiger partial charge in [0.25, 0.3) is 0 Å². The molecule has 0 saturated carbocycles. The molecule has 0 aliphatic heterocycles. The molecule has 0 saturated heterocycles. The number of carbonyl (C=O) groups is 1. The molecule has 2 heterocycles. The van der Waals surface area contributed by atoms with Crippen LogP contribution in [-0.4, -0.2) is 30.8 Å². The van der Waals surface area contributed by atoms with Crippen LogP contribution in [0.4, 0.5) is 4.39 Å². The summed E-state index contributed by atoms with van der Waals surface area (Å²) < 4.78 is 19.9. The Hall–Kier alpha value is -4.79. The minimum atomic E-state index is -1.09. The number of aromatic nitrogens is 4. The highest BCUT2D eigenvalue weighted by molar-refractivity contribution is 5.93. The Morgan fingerprint density at radius 1 is 1.00 bits per heavy atom. The lowest BCUT2D eigenvalue weighted by molar-refractivity contribution is 0.0686. The Morgan fingerprint density at radius 3 is 2.32 bits per heavy atom. The molecule has 0 fully saturated rings. The molecule has 0 spiro atoms. The Morgan fingerprint density at radius 2 is 1.68 bits per heavy atom. The number of hydrogen-bond donors (Lipinski definition) is 2. The molecule has 0 amide bonds. The fourth-order valence-corrected chi connectivity index (χ4v) is 4.48. The van der Waals surface area contributed by atoms with E-state index in [9.17, 15) is 19.1 Å². The van der Waals surface area contributed by atoms with Crippen LogP contribution in [0.2, 0.25) is 0 Å². The number of halogens is 1. The first-order chi connectivity index (χ1) is 18.4. The fourth-order valence-electron chi connectivity index (χ4n) is 4.48. The van der Waals surface area contributed by atoms with Gasteiger partial charge >= 0.3 is 11.7 Å². The highest BCUT2D eigenvalue weighted by Crippen LogP contribution is 2.31. The maximum Gasteiger partial charge on any atom is 0.439 e. The summed E-state index contributed by atoms with van der Waals surface area (Å²) in [5.41, 5.74) is 4.33. The third kappa shape index (κ3) is 5.04. The van der Waals surface area contributed by atoms with E-state index >= 15 is 0 Å². The predicted octanol–water partition coefficient (Wildman–Crippen LogP) is 5.79. The lowest BCUT2D eigenvalue weighted by Gasteiger charge is -2.12. The van der Waals surface area contributed by atoms with Crippen molar-refractivity contribution < 1.29 is 18.8 Å². The first-order valence-corrected chi connectivity index (χ1v) is 12.3. The van der Waals surface area contributed by atoms with Crippen molar-refractivity contribution >= 4 is 5.97 Å². The van der Waals surface area contributed by atoms with E-state index in [1.54, 1.807) is 16.7 Å². The molecule has 3 aromatic carbocycles. The number of unbranched alkanes of at least 4 members (excludes halogenated alkanes) is 1. The van der Waals surface area contributed by atoms with Crippen molar-refractivity contribution in [2.24, 2.45) is 0 Å². The smallest absolute Gasteiger partial charge is 0.439 e. The van der Waals surface area contributed by atoms with Gasteiger partial charge in [0.05, 0.1) is 0 Å². The Labute approximate surface area is 217 Å². The van der Waals surface area contributed by atoms with Gasteiger partial charge in [-0.15, -0.1) is 0 Å². The van der Waals surface area contributed by atoms with Crippen LogP contribution in [0.1, 0.15) is 41.6 Å². The number of H-pyrrole nitrogens is 1. The fraction of sp³-hybridized carbons (Fsp3) is 0.172. The summed E-state index contributed by atoms with van der Waals surface area (Å²) in [6.07, 6.45) is 2.42. The topological polar surface area (TPSA) is 114 Å². The molecule has 0 unspecified atom stereocenters. The maximum absolute atomic E-state index is 13.5. The monoisotopic (exact) mass is 512 g/mol. The van der Waals surface area contributed by atoms with Crippen LogP contribution in [0.15, 0.2) is 82.1 Å². The first-order valence-electron chi connectivity index (χ1n) is 12.3. The van der Waals surface area contributed by atoms with Crippen LogP contribution < -0.4 is 5.76 Å². The second kappa shape index (κ2) is 10.7. The van der Waals surface area contributed by atoms with Crippen molar-refractivity contribution in [1.82, 2.24) is 19.7 Å². The van der Waals surface area contributed by atoms with Crippen molar-refractivity contribution in [3.8, 4) is 33.8 Å². The largest absolute Gasteiger partial charge is 0.477 e. The van der Waals surface area contributed by atoms with E-state index in [0.29, 0.717) is 35.9 Å². The molecule has 0 radical (unpaired) electrons. The van der Waals surface area contributed by atoms with E-state index in [4.69, 9.17) is 4.98 Å². The van der Waals surface area contributed by atoms with Gasteiger partial charge in [0.15, 0.2) is 11.5 Å². The normalized spacial score (nSPS) is 11.1. The molecule has 2 aromatic heterocycles. The molecular weight excluding hydrogens is 487 g/mol. The number of nitrogens with one attached hydrogen (secondary N) is 1. The van der Waals surface area contributed by atoms with E-state index in [-0.39, 0.29) is 5.69 Å². The minimum absolute atomic E-state index is 0.0760. The number of aryl methyl sites for hydroxylation is 1. The number of rotatable bonds is 9. The van der Waals surface area contributed by atoms with Gasteiger partial charge in [0.2, 0.25) is 0 Å². The standard InChI is InChI=1S/C29H25FN4O4/c1-2-3-8-24-31-25(20-13-15-21(30)16-14-20)26(28(35)36)34(24)17-18-9-11-19(12-10-18)22-6-4-5-7-23(22)27-32-29(37)38-33-27/h4-7,9-16H,2-3,8,17H2,1H3,(H,35,36)(H,32,33,37). The molecule has 5 aromatic rings. The number of aromatic amines is 1. The van der Waals surface area contributed by atoms with Crippen molar-refractivity contribution in [2.75, 3.05) is 0 Å². The predicted molar refractivity (Wildman–Crippen MR) is 140 cm³/mol. The molecule has 9 heteroatoms. The van der Waals surface area contributed by atoms with Crippen molar-refractivity contribution in [1.29, 1.82) is 0 Å². The zero-order valence-corrected chi connectivity index (χ0v) is 20.6. The van der Waals surface area contributed by atoms with E-state index in [0.717, 1.165) is 35.1 Å². The summed E-state index contributed by atoms with van der Waals surface area (Å²) in [5.74, 6) is -1.10. The number of imidazole rings is 1. The zero-order valence-electron chi connectivity index (χ0n) is 20.6. The van der Waals surface area contributed by atoms with Gasteiger partial charge < -0.3 is 9.67 Å². The van der Waals surface area contributed by atoms with Crippen molar-refractivity contribution in [3.05, 3.63) is 106 Å². The van der Waals surface area contributed by atoms with Gasteiger partial charge in [0.1, 0.15) is 17.3 Å². The lowest BCUT2D eigenvalue weighted by Crippen LogP contribution is -2.13. The average molecular weight is 513 g/mol. The van der Waals surface area contributed by atoms with Gasteiger partial charge in [-0.3, -0.25) is 9.51 Å². The number of carboxylic acids is 1. The maximum atomic E-state index is 13.5. The summed E-state index contributed by atoms with van der Waals surface area (Å²) in [6, 6.07) is 21.0. The third-order valence-electron chi connectivity index (χ3n) is 6.35. The summed E-state index contributed by atoms with van der Waals surface area (Å²) in [7, 11) is 0. The molecule has 192 valence electrons. The van der Waals surface area contributed by atoms with Crippen LogP contribution in [0.5, 0.6) is 0 Å². The van der Waals surface area contributed by atoms with E-state index < -0.39 is 17.5 Å². The SMILES string of the molecule is CCCCc1nc(-c2ccc(F)cc2)c(C(=O)O)n1Cc1ccc(-c2ccccc2-c2noc(=O)[nH]2)cc1. The minimum Gasteiger partial charge on any atom is -0.477 e. The average Bonchev–Trinajstić information content (AvgIpc) is 3.52. The van der Waals surface area contributed by atoms with Gasteiger partial charge in [0, 0.05) is 24.1 Å². The molecule has 0 atom stereocenters. The van der Waals surface area contributed by atoms with Gasteiger partial charge in [-0.1, -0.05) is 67.0 Å². The molecule has 0 bridgehead atoms. The molecule has 5 rings (SSSR count). The number of carboxylic acid groups (broad SMARTS) is 1. The molecule has 8 nitrogen and oxygen atoms in total. The highest BCUT2D eigenvalue weighted by Gasteiger charge is 2.24. The number of aromatic carboxylic acids is 1. The first kappa shape index (κ1) is 24.9. The number of nitrogens with zero attached hydrogens (tertiary/aromatic N) is 3. The highest BCUT2D eigenvalue weighted by atomic mass is 19.1. The second-order valence-electron chi connectivity index (χ2n) is 8.91. The van der Waals surface area contributed by atoms with Crippen LogP contribution in [-0.2, 0) is 13.0 Å². The summed E-state index contributed by atoms with van der Waals surface area (Å²) in [6.45, 7) is 2.38. The molecule has 0 aliphatic rings. The quantitative estimate of drug-likeness (QED) is 0.258. The summed E-state index contributed by atoms with van der Waals surface area (Å²) in [5, 5.41) is 13.9. The van der Waals surface area contributed by atoms with Gasteiger partial charge in [-0.25, -0.2) is 19.0 Å².